The zero-order valence-electron chi connectivity index (χ0n) is 13.0. The van der Waals surface area contributed by atoms with E-state index in [0.29, 0.717) is 37.3 Å². The zero-order valence-corrected chi connectivity index (χ0v) is 13.0. The van der Waals surface area contributed by atoms with Crippen molar-refractivity contribution in [3.05, 3.63) is 0 Å². The van der Waals surface area contributed by atoms with Crippen LogP contribution < -0.4 is 5.32 Å². The highest BCUT2D eigenvalue weighted by Crippen LogP contribution is 2.26. The van der Waals surface area contributed by atoms with Crippen molar-refractivity contribution in [2.24, 2.45) is 5.92 Å². The number of rotatable bonds is 6. The Balaban J connectivity index is 1.58. The highest BCUT2D eigenvalue weighted by Gasteiger charge is 2.23. The summed E-state index contributed by atoms with van der Waals surface area (Å²) in [5, 5.41) is 13.5. The molecule has 0 amide bonds. The number of nitrogens with one attached hydrogen (secondary N) is 1. The van der Waals surface area contributed by atoms with Crippen LogP contribution in [0.4, 0.5) is 0 Å². The van der Waals surface area contributed by atoms with Crippen LogP contribution in [-0.2, 0) is 9.47 Å². The molecule has 2 N–H and O–H groups in total. The minimum atomic E-state index is -0.401. The lowest BCUT2D eigenvalue weighted by Crippen LogP contribution is -2.43. The molecular weight excluding hydrogens is 254 g/mol. The molecule has 1 saturated heterocycles. The molecule has 0 aromatic heterocycles. The molecule has 4 nitrogen and oxygen atoms in total. The van der Waals surface area contributed by atoms with Gasteiger partial charge in [0.25, 0.3) is 0 Å². The van der Waals surface area contributed by atoms with Gasteiger partial charge < -0.3 is 19.9 Å². The molecule has 4 heteroatoms. The zero-order chi connectivity index (χ0) is 14.4. The Morgan fingerprint density at radius 3 is 2.80 bits per heavy atom. The SMILES string of the molecule is CC1CC(NCC(O)COC2CCCCC2C)CCO1. The maximum atomic E-state index is 10.0. The van der Waals surface area contributed by atoms with Crippen molar-refractivity contribution >= 4 is 0 Å². The second kappa shape index (κ2) is 8.32. The van der Waals surface area contributed by atoms with Gasteiger partial charge in [0.05, 0.1) is 24.9 Å². The minimum Gasteiger partial charge on any atom is -0.389 e. The first-order chi connectivity index (χ1) is 9.65. The van der Waals surface area contributed by atoms with Gasteiger partial charge in [-0.15, -0.1) is 0 Å². The first kappa shape index (κ1) is 16.2. The van der Waals surface area contributed by atoms with Gasteiger partial charge in [0.1, 0.15) is 0 Å². The van der Waals surface area contributed by atoms with Crippen LogP contribution in [0, 0.1) is 5.92 Å². The summed E-state index contributed by atoms with van der Waals surface area (Å²) in [6.07, 6.45) is 7.36. The lowest BCUT2D eigenvalue weighted by Gasteiger charge is -2.31. The number of hydrogen-bond donors (Lipinski definition) is 2. The standard InChI is InChI=1S/C16H31NO3/c1-12-5-3-4-6-16(12)20-11-15(18)10-17-14-7-8-19-13(2)9-14/h12-18H,3-11H2,1-2H3. The van der Waals surface area contributed by atoms with Crippen LogP contribution in [0.2, 0.25) is 0 Å². The average Bonchev–Trinajstić information content (AvgIpc) is 2.44. The predicted octanol–water partition coefficient (Wildman–Crippen LogP) is 2.10. The summed E-state index contributed by atoms with van der Waals surface area (Å²) in [5.74, 6) is 0.639. The lowest BCUT2D eigenvalue weighted by atomic mass is 9.88. The molecule has 2 aliphatic rings. The number of aliphatic hydroxyl groups is 1. The molecule has 118 valence electrons. The molecule has 5 atom stereocenters. The van der Waals surface area contributed by atoms with E-state index in [1.54, 1.807) is 0 Å². The molecule has 0 spiro atoms. The summed E-state index contributed by atoms with van der Waals surface area (Å²) >= 11 is 0. The van der Waals surface area contributed by atoms with Gasteiger partial charge in [-0.25, -0.2) is 0 Å². The Labute approximate surface area is 123 Å². The average molecular weight is 285 g/mol. The van der Waals surface area contributed by atoms with Gasteiger partial charge in [-0.2, -0.15) is 0 Å². The van der Waals surface area contributed by atoms with Crippen molar-refractivity contribution in [1.82, 2.24) is 5.32 Å². The van der Waals surface area contributed by atoms with E-state index in [-0.39, 0.29) is 0 Å². The summed E-state index contributed by atoms with van der Waals surface area (Å²) < 4.78 is 11.4. The van der Waals surface area contributed by atoms with Crippen LogP contribution in [-0.4, -0.2) is 49.2 Å². The quantitative estimate of drug-likeness (QED) is 0.785. The molecule has 2 rings (SSSR count). The molecule has 2 fully saturated rings. The van der Waals surface area contributed by atoms with Gasteiger partial charge in [-0.1, -0.05) is 19.8 Å². The molecular formula is C16H31NO3. The van der Waals surface area contributed by atoms with E-state index in [9.17, 15) is 5.11 Å². The van der Waals surface area contributed by atoms with E-state index >= 15 is 0 Å². The Morgan fingerprint density at radius 2 is 2.05 bits per heavy atom. The number of hydrogen-bond acceptors (Lipinski definition) is 4. The van der Waals surface area contributed by atoms with Gasteiger partial charge >= 0.3 is 0 Å². The van der Waals surface area contributed by atoms with Crippen LogP contribution >= 0.6 is 0 Å². The molecule has 0 bridgehead atoms. The monoisotopic (exact) mass is 285 g/mol. The van der Waals surface area contributed by atoms with E-state index < -0.39 is 6.10 Å². The van der Waals surface area contributed by atoms with Crippen molar-refractivity contribution < 1.29 is 14.6 Å². The van der Waals surface area contributed by atoms with Crippen LogP contribution in [0.25, 0.3) is 0 Å². The Kier molecular flexibility index (Phi) is 6.75. The molecule has 5 unspecified atom stereocenters. The van der Waals surface area contributed by atoms with E-state index in [0.717, 1.165) is 25.9 Å². The summed E-state index contributed by atoms with van der Waals surface area (Å²) in [6.45, 7) is 6.28. The van der Waals surface area contributed by atoms with E-state index in [1.165, 1.54) is 19.3 Å². The first-order valence-electron chi connectivity index (χ1n) is 8.29. The van der Waals surface area contributed by atoms with Crippen LogP contribution in [0.3, 0.4) is 0 Å². The molecule has 1 aliphatic carbocycles. The Morgan fingerprint density at radius 1 is 1.25 bits per heavy atom. The molecule has 1 heterocycles. The fourth-order valence-corrected chi connectivity index (χ4v) is 3.31. The van der Waals surface area contributed by atoms with E-state index in [4.69, 9.17) is 9.47 Å². The largest absolute Gasteiger partial charge is 0.389 e. The second-order valence-electron chi connectivity index (χ2n) is 6.60. The Hall–Kier alpha value is -0.160. The Bertz CT molecular complexity index is 274. The van der Waals surface area contributed by atoms with Crippen LogP contribution in [0.15, 0.2) is 0 Å². The van der Waals surface area contributed by atoms with Gasteiger partial charge in [-0.3, -0.25) is 0 Å². The first-order valence-corrected chi connectivity index (χ1v) is 8.29. The summed E-state index contributed by atoms with van der Waals surface area (Å²) in [6, 6.07) is 0.474. The number of aliphatic hydroxyl groups excluding tert-OH is 1. The van der Waals surface area contributed by atoms with Crippen molar-refractivity contribution in [3.63, 3.8) is 0 Å². The number of ether oxygens (including phenoxy) is 2. The maximum absolute atomic E-state index is 10.0. The topological polar surface area (TPSA) is 50.7 Å². The normalized spacial score (nSPS) is 36.8. The highest BCUT2D eigenvalue weighted by atomic mass is 16.5. The van der Waals surface area contributed by atoms with Crippen molar-refractivity contribution in [2.45, 2.75) is 76.7 Å². The third-order valence-electron chi connectivity index (χ3n) is 4.66. The molecule has 20 heavy (non-hydrogen) atoms. The second-order valence-corrected chi connectivity index (χ2v) is 6.60. The fourth-order valence-electron chi connectivity index (χ4n) is 3.31. The highest BCUT2D eigenvalue weighted by molar-refractivity contribution is 4.77. The van der Waals surface area contributed by atoms with E-state index in [2.05, 4.69) is 19.2 Å². The third kappa shape index (κ3) is 5.32. The molecule has 1 saturated carbocycles. The van der Waals surface area contributed by atoms with Gasteiger partial charge in [0, 0.05) is 19.2 Å². The predicted molar refractivity (Wildman–Crippen MR) is 79.8 cm³/mol. The van der Waals surface area contributed by atoms with Crippen LogP contribution in [0.1, 0.15) is 52.4 Å². The van der Waals surface area contributed by atoms with Gasteiger partial charge in [0.2, 0.25) is 0 Å². The van der Waals surface area contributed by atoms with Gasteiger partial charge in [0.15, 0.2) is 0 Å². The van der Waals surface area contributed by atoms with Gasteiger partial charge in [-0.05, 0) is 38.5 Å². The summed E-state index contributed by atoms with van der Waals surface area (Å²) in [4.78, 5) is 0. The maximum Gasteiger partial charge on any atom is 0.0897 e. The van der Waals surface area contributed by atoms with E-state index in [1.807, 2.05) is 0 Å². The van der Waals surface area contributed by atoms with Crippen molar-refractivity contribution in [3.8, 4) is 0 Å². The molecule has 0 aromatic rings. The van der Waals surface area contributed by atoms with Crippen molar-refractivity contribution in [1.29, 1.82) is 0 Å². The summed E-state index contributed by atoms with van der Waals surface area (Å²) in [5.41, 5.74) is 0. The molecule has 0 aromatic carbocycles. The summed E-state index contributed by atoms with van der Waals surface area (Å²) in [7, 11) is 0. The van der Waals surface area contributed by atoms with Crippen molar-refractivity contribution in [2.75, 3.05) is 19.8 Å². The third-order valence-corrected chi connectivity index (χ3v) is 4.66. The molecule has 1 aliphatic heterocycles. The molecule has 0 radical (unpaired) electrons. The fraction of sp³-hybridized carbons (Fsp3) is 1.00. The smallest absolute Gasteiger partial charge is 0.0897 e. The minimum absolute atomic E-state index is 0.331. The van der Waals surface area contributed by atoms with Crippen LogP contribution in [0.5, 0.6) is 0 Å². The lowest BCUT2D eigenvalue weighted by molar-refractivity contribution is -0.0473.